The Morgan fingerprint density at radius 1 is 1.15 bits per heavy atom. The van der Waals surface area contributed by atoms with Crippen molar-refractivity contribution in [2.24, 2.45) is 0 Å². The SMILES string of the molecule is N#Cc1ccc(OCc2nc(C3=CCN(Cc4nc5ccc(C(=O)O)cc5n4C[C@@H]4CCO4)C3)ccc2F)c(F)c1. The van der Waals surface area contributed by atoms with E-state index >= 15 is 0 Å². The molecule has 41 heavy (non-hydrogen) atoms. The van der Waals surface area contributed by atoms with Crippen molar-refractivity contribution in [3.05, 3.63) is 94.6 Å². The molecule has 0 bridgehead atoms. The third-order valence-corrected chi connectivity index (χ3v) is 7.28. The molecule has 1 saturated heterocycles. The maximum absolute atomic E-state index is 14.5. The lowest BCUT2D eigenvalue weighted by Crippen LogP contribution is -2.32. The van der Waals surface area contributed by atoms with Gasteiger partial charge in [0, 0.05) is 19.7 Å². The lowest BCUT2D eigenvalue weighted by Gasteiger charge is -2.28. The predicted molar refractivity (Wildman–Crippen MR) is 144 cm³/mol. The fourth-order valence-electron chi connectivity index (χ4n) is 4.98. The number of nitrogens with zero attached hydrogens (tertiary/aromatic N) is 5. The van der Waals surface area contributed by atoms with E-state index in [0.29, 0.717) is 38.5 Å². The largest absolute Gasteiger partial charge is 0.484 e. The monoisotopic (exact) mass is 557 g/mol. The first-order valence-electron chi connectivity index (χ1n) is 13.1. The van der Waals surface area contributed by atoms with Crippen LogP contribution in [0.3, 0.4) is 0 Å². The molecule has 1 fully saturated rings. The van der Waals surface area contributed by atoms with Gasteiger partial charge in [-0.3, -0.25) is 4.90 Å². The molecule has 4 heterocycles. The molecule has 0 amide bonds. The highest BCUT2D eigenvalue weighted by atomic mass is 19.1. The number of carboxylic acid groups (broad SMARTS) is 1. The molecule has 0 radical (unpaired) electrons. The molecule has 11 heteroatoms. The number of halogens is 2. The average Bonchev–Trinajstić information content (AvgIpc) is 3.54. The van der Waals surface area contributed by atoms with Gasteiger partial charge in [0.2, 0.25) is 0 Å². The third kappa shape index (κ3) is 5.52. The van der Waals surface area contributed by atoms with Crippen LogP contribution in [0.25, 0.3) is 16.6 Å². The Labute approximate surface area is 233 Å². The minimum absolute atomic E-state index is 0.0436. The number of imidazole rings is 1. The standard InChI is InChI=1S/C30H25F2N5O4/c31-22-3-5-24(34-26(22)17-41-28-6-1-18(13-33)11-23(28)32)20-7-9-36(14-20)16-29-35-25-4-2-19(30(38)39)12-27(25)37(29)15-21-8-10-40-21/h1-7,11-12,21H,8-10,14-17H2,(H,38,39)/t21-/m0/s1. The molecule has 1 N–H and O–H groups in total. The molecule has 9 nitrogen and oxygen atoms in total. The lowest BCUT2D eigenvalue weighted by molar-refractivity contribution is -0.0591. The first kappa shape index (κ1) is 26.6. The zero-order valence-corrected chi connectivity index (χ0v) is 21.9. The molecule has 6 rings (SSSR count). The molecule has 0 aliphatic carbocycles. The highest BCUT2D eigenvalue weighted by Gasteiger charge is 2.25. The van der Waals surface area contributed by atoms with Crippen molar-refractivity contribution in [2.75, 3.05) is 19.7 Å². The van der Waals surface area contributed by atoms with Crippen molar-refractivity contribution in [2.45, 2.75) is 32.2 Å². The zero-order valence-electron chi connectivity index (χ0n) is 21.9. The first-order chi connectivity index (χ1) is 19.9. The van der Waals surface area contributed by atoms with E-state index in [1.807, 2.05) is 16.7 Å². The summed E-state index contributed by atoms with van der Waals surface area (Å²) in [6, 6.07) is 13.5. The molecule has 2 aromatic heterocycles. The van der Waals surface area contributed by atoms with Gasteiger partial charge < -0.3 is 19.1 Å². The molecular formula is C30H25F2N5O4. The Morgan fingerprint density at radius 2 is 2.00 bits per heavy atom. The van der Waals surface area contributed by atoms with Gasteiger partial charge in [-0.15, -0.1) is 0 Å². The van der Waals surface area contributed by atoms with Gasteiger partial charge in [-0.25, -0.2) is 23.5 Å². The molecule has 2 aromatic carbocycles. The number of benzene rings is 2. The number of ether oxygens (including phenoxy) is 2. The third-order valence-electron chi connectivity index (χ3n) is 7.28. The number of fused-ring (bicyclic) bond motifs is 1. The number of hydrogen-bond acceptors (Lipinski definition) is 7. The second-order valence-electron chi connectivity index (χ2n) is 10.00. The summed E-state index contributed by atoms with van der Waals surface area (Å²) in [6.45, 7) is 2.72. The van der Waals surface area contributed by atoms with Crippen molar-refractivity contribution in [3.8, 4) is 11.8 Å². The number of rotatable bonds is 9. The van der Waals surface area contributed by atoms with Crippen molar-refractivity contribution in [1.82, 2.24) is 19.4 Å². The summed E-state index contributed by atoms with van der Waals surface area (Å²) in [5.41, 5.74) is 3.39. The Morgan fingerprint density at radius 3 is 2.73 bits per heavy atom. The van der Waals surface area contributed by atoms with Crippen LogP contribution in [0.1, 0.15) is 39.6 Å². The summed E-state index contributed by atoms with van der Waals surface area (Å²) in [7, 11) is 0. The summed E-state index contributed by atoms with van der Waals surface area (Å²) in [5.74, 6) is -1.55. The average molecular weight is 558 g/mol. The van der Waals surface area contributed by atoms with Crippen LogP contribution in [0.2, 0.25) is 0 Å². The molecule has 0 saturated carbocycles. The molecule has 4 aromatic rings. The van der Waals surface area contributed by atoms with Gasteiger partial charge in [-0.05, 0) is 60.5 Å². The van der Waals surface area contributed by atoms with Gasteiger partial charge in [-0.1, -0.05) is 6.08 Å². The van der Waals surface area contributed by atoms with Gasteiger partial charge in [0.15, 0.2) is 11.6 Å². The molecule has 0 spiro atoms. The summed E-state index contributed by atoms with van der Waals surface area (Å²) >= 11 is 0. The van der Waals surface area contributed by atoms with E-state index in [4.69, 9.17) is 19.7 Å². The van der Waals surface area contributed by atoms with Gasteiger partial charge in [0.05, 0.1) is 53.1 Å². The van der Waals surface area contributed by atoms with Crippen LogP contribution in [0.4, 0.5) is 8.78 Å². The highest BCUT2D eigenvalue weighted by molar-refractivity contribution is 5.92. The number of carbonyl (C=O) groups is 1. The van der Waals surface area contributed by atoms with E-state index in [9.17, 15) is 18.7 Å². The van der Waals surface area contributed by atoms with Crippen molar-refractivity contribution in [3.63, 3.8) is 0 Å². The quantitative estimate of drug-likeness (QED) is 0.319. The maximum atomic E-state index is 14.5. The summed E-state index contributed by atoms with van der Waals surface area (Å²) in [5, 5.41) is 18.4. The zero-order chi connectivity index (χ0) is 28.5. The van der Waals surface area contributed by atoms with E-state index in [-0.39, 0.29) is 35.3 Å². The summed E-state index contributed by atoms with van der Waals surface area (Å²) in [6.07, 6.45) is 3.02. The maximum Gasteiger partial charge on any atom is 0.335 e. The molecular weight excluding hydrogens is 532 g/mol. The smallest absolute Gasteiger partial charge is 0.335 e. The van der Waals surface area contributed by atoms with Crippen LogP contribution in [0, 0.1) is 23.0 Å². The van der Waals surface area contributed by atoms with E-state index in [1.165, 1.54) is 18.2 Å². The Balaban J connectivity index is 1.17. The minimum atomic E-state index is -0.993. The van der Waals surface area contributed by atoms with E-state index in [2.05, 4.69) is 9.88 Å². The number of aromatic nitrogens is 3. The van der Waals surface area contributed by atoms with Crippen LogP contribution in [0.5, 0.6) is 5.75 Å². The fourth-order valence-corrected chi connectivity index (χ4v) is 4.98. The van der Waals surface area contributed by atoms with E-state index < -0.39 is 17.6 Å². The van der Waals surface area contributed by atoms with Crippen LogP contribution < -0.4 is 4.74 Å². The molecule has 2 aliphatic rings. The first-order valence-corrected chi connectivity index (χ1v) is 13.1. The number of carboxylic acids is 1. The second-order valence-corrected chi connectivity index (χ2v) is 10.00. The van der Waals surface area contributed by atoms with Crippen LogP contribution in [-0.2, 0) is 24.4 Å². The van der Waals surface area contributed by atoms with Crippen LogP contribution in [0.15, 0.2) is 54.6 Å². The van der Waals surface area contributed by atoms with E-state index in [1.54, 1.807) is 24.3 Å². The fraction of sp³-hybridized carbons (Fsp3) is 0.267. The van der Waals surface area contributed by atoms with Crippen LogP contribution in [-0.4, -0.2) is 56.3 Å². The number of hydrogen-bond donors (Lipinski definition) is 1. The number of nitriles is 1. The normalized spacial score (nSPS) is 16.8. The van der Waals surface area contributed by atoms with E-state index in [0.717, 1.165) is 34.9 Å². The highest BCUT2D eigenvalue weighted by Crippen LogP contribution is 2.27. The van der Waals surface area contributed by atoms with Gasteiger partial charge in [0.1, 0.15) is 23.9 Å². The Bertz CT molecular complexity index is 1720. The van der Waals surface area contributed by atoms with Crippen molar-refractivity contribution >= 4 is 22.6 Å². The lowest BCUT2D eigenvalue weighted by atomic mass is 10.1. The second kappa shape index (κ2) is 11.1. The number of pyridine rings is 1. The topological polar surface area (TPSA) is 114 Å². The number of aromatic carboxylic acids is 1. The summed E-state index contributed by atoms with van der Waals surface area (Å²) in [4.78, 5) is 23.0. The summed E-state index contributed by atoms with van der Waals surface area (Å²) < 4.78 is 41.9. The molecule has 1 atom stereocenters. The molecule has 2 aliphatic heterocycles. The minimum Gasteiger partial charge on any atom is -0.484 e. The van der Waals surface area contributed by atoms with Gasteiger partial charge >= 0.3 is 5.97 Å². The molecule has 0 unspecified atom stereocenters. The van der Waals surface area contributed by atoms with Crippen molar-refractivity contribution in [1.29, 1.82) is 5.26 Å². The molecule has 208 valence electrons. The van der Waals surface area contributed by atoms with Gasteiger partial charge in [-0.2, -0.15) is 5.26 Å². The Kier molecular flexibility index (Phi) is 7.17. The van der Waals surface area contributed by atoms with Gasteiger partial charge in [0.25, 0.3) is 0 Å². The predicted octanol–water partition coefficient (Wildman–Crippen LogP) is 4.55. The van der Waals surface area contributed by atoms with Crippen LogP contribution >= 0.6 is 0 Å². The Hall–Kier alpha value is -4.66. The van der Waals surface area contributed by atoms with Crippen molar-refractivity contribution < 1.29 is 28.2 Å².